The Bertz CT molecular complexity index is 325. The zero-order chi connectivity index (χ0) is 12.0. The van der Waals surface area contributed by atoms with E-state index in [-0.39, 0.29) is 12.5 Å². The predicted octanol–water partition coefficient (Wildman–Crippen LogP) is 1.67. The highest BCUT2D eigenvalue weighted by Gasteiger charge is 2.16. The summed E-state index contributed by atoms with van der Waals surface area (Å²) in [6.45, 7) is 4.69. The molecule has 1 atom stereocenters. The molecule has 0 aliphatic heterocycles. The Morgan fingerprint density at radius 1 is 1.56 bits per heavy atom. The zero-order valence-corrected chi connectivity index (χ0v) is 9.68. The minimum Gasteiger partial charge on any atom is -0.481 e. The SMILES string of the molecule is CC(C)C(CC(=O)O)NCc1cccnc1. The highest BCUT2D eigenvalue weighted by molar-refractivity contribution is 5.67. The van der Waals surface area contributed by atoms with E-state index < -0.39 is 5.97 Å². The summed E-state index contributed by atoms with van der Waals surface area (Å²) in [7, 11) is 0. The van der Waals surface area contributed by atoms with Crippen molar-refractivity contribution in [3.8, 4) is 0 Å². The first kappa shape index (κ1) is 12.6. The van der Waals surface area contributed by atoms with E-state index >= 15 is 0 Å². The van der Waals surface area contributed by atoms with E-state index in [1.807, 2.05) is 26.0 Å². The van der Waals surface area contributed by atoms with Crippen LogP contribution < -0.4 is 5.32 Å². The second-order valence-electron chi connectivity index (χ2n) is 4.19. The Morgan fingerprint density at radius 2 is 2.31 bits per heavy atom. The Morgan fingerprint density at radius 3 is 2.81 bits per heavy atom. The van der Waals surface area contributed by atoms with Gasteiger partial charge >= 0.3 is 5.97 Å². The van der Waals surface area contributed by atoms with Crippen molar-refractivity contribution in [2.75, 3.05) is 0 Å². The van der Waals surface area contributed by atoms with Gasteiger partial charge in [0.25, 0.3) is 0 Å². The Balaban J connectivity index is 2.47. The number of hydrogen-bond acceptors (Lipinski definition) is 3. The van der Waals surface area contributed by atoms with Crippen LogP contribution in [0.15, 0.2) is 24.5 Å². The van der Waals surface area contributed by atoms with Crippen LogP contribution in [0.1, 0.15) is 25.8 Å². The van der Waals surface area contributed by atoms with Gasteiger partial charge in [0.2, 0.25) is 0 Å². The predicted molar refractivity (Wildman–Crippen MR) is 62.0 cm³/mol. The summed E-state index contributed by atoms with van der Waals surface area (Å²) in [6, 6.07) is 3.84. The lowest BCUT2D eigenvalue weighted by Crippen LogP contribution is -2.35. The monoisotopic (exact) mass is 222 g/mol. The van der Waals surface area contributed by atoms with Gasteiger partial charge in [-0.1, -0.05) is 19.9 Å². The standard InChI is InChI=1S/C12H18N2O2/c1-9(2)11(6-12(15)16)14-8-10-4-3-5-13-7-10/h3-5,7,9,11,14H,6,8H2,1-2H3,(H,15,16). The third kappa shape index (κ3) is 4.40. The van der Waals surface area contributed by atoms with Gasteiger partial charge in [0.05, 0.1) is 6.42 Å². The number of carboxylic acids is 1. The maximum Gasteiger partial charge on any atom is 0.304 e. The molecule has 16 heavy (non-hydrogen) atoms. The molecule has 0 aliphatic rings. The second-order valence-corrected chi connectivity index (χ2v) is 4.19. The summed E-state index contributed by atoms with van der Waals surface area (Å²) >= 11 is 0. The quantitative estimate of drug-likeness (QED) is 0.768. The minimum atomic E-state index is -0.766. The third-order valence-electron chi connectivity index (χ3n) is 2.49. The van der Waals surface area contributed by atoms with Crippen molar-refractivity contribution in [1.29, 1.82) is 0 Å². The highest BCUT2D eigenvalue weighted by atomic mass is 16.4. The summed E-state index contributed by atoms with van der Waals surface area (Å²) in [5.41, 5.74) is 1.07. The fourth-order valence-corrected chi connectivity index (χ4v) is 1.48. The van der Waals surface area contributed by atoms with Crippen molar-refractivity contribution in [3.63, 3.8) is 0 Å². The molecule has 0 radical (unpaired) electrons. The van der Waals surface area contributed by atoms with Crippen molar-refractivity contribution >= 4 is 5.97 Å². The number of nitrogens with zero attached hydrogens (tertiary/aromatic N) is 1. The largest absolute Gasteiger partial charge is 0.481 e. The van der Waals surface area contributed by atoms with Crippen LogP contribution >= 0.6 is 0 Å². The van der Waals surface area contributed by atoms with Gasteiger partial charge in [-0.25, -0.2) is 0 Å². The highest BCUT2D eigenvalue weighted by Crippen LogP contribution is 2.07. The Hall–Kier alpha value is -1.42. The maximum atomic E-state index is 10.7. The van der Waals surface area contributed by atoms with Gasteiger partial charge in [-0.05, 0) is 17.5 Å². The first-order valence-electron chi connectivity index (χ1n) is 5.43. The summed E-state index contributed by atoms with van der Waals surface area (Å²) in [5.74, 6) is -0.467. The van der Waals surface area contributed by atoms with E-state index in [9.17, 15) is 4.79 Å². The molecule has 2 N–H and O–H groups in total. The number of aromatic nitrogens is 1. The normalized spacial score (nSPS) is 12.7. The molecular formula is C12H18N2O2. The molecule has 4 heteroatoms. The van der Waals surface area contributed by atoms with E-state index in [0.717, 1.165) is 5.56 Å². The number of rotatable bonds is 6. The fourth-order valence-electron chi connectivity index (χ4n) is 1.48. The van der Waals surface area contributed by atoms with Crippen molar-refractivity contribution < 1.29 is 9.90 Å². The molecule has 0 saturated heterocycles. The van der Waals surface area contributed by atoms with Crippen LogP contribution in [-0.4, -0.2) is 22.1 Å². The molecule has 88 valence electrons. The third-order valence-corrected chi connectivity index (χ3v) is 2.49. The van der Waals surface area contributed by atoms with Gasteiger partial charge in [0.1, 0.15) is 0 Å². The van der Waals surface area contributed by atoms with E-state index in [2.05, 4.69) is 10.3 Å². The average molecular weight is 222 g/mol. The lowest BCUT2D eigenvalue weighted by molar-refractivity contribution is -0.137. The minimum absolute atomic E-state index is 0.00212. The smallest absolute Gasteiger partial charge is 0.304 e. The molecule has 1 aromatic heterocycles. The van der Waals surface area contributed by atoms with Gasteiger partial charge < -0.3 is 10.4 Å². The number of pyridine rings is 1. The van der Waals surface area contributed by atoms with Gasteiger partial charge in [0, 0.05) is 25.0 Å². The van der Waals surface area contributed by atoms with Crippen LogP contribution in [0.3, 0.4) is 0 Å². The molecule has 0 amide bonds. The fraction of sp³-hybridized carbons (Fsp3) is 0.500. The maximum absolute atomic E-state index is 10.7. The topological polar surface area (TPSA) is 62.2 Å². The Kier molecular flexibility index (Phi) is 4.92. The number of carboxylic acid groups (broad SMARTS) is 1. The molecule has 0 fully saturated rings. The van der Waals surface area contributed by atoms with Crippen LogP contribution in [-0.2, 0) is 11.3 Å². The molecule has 0 aliphatic carbocycles. The molecule has 0 saturated carbocycles. The van der Waals surface area contributed by atoms with Crippen molar-refractivity contribution in [1.82, 2.24) is 10.3 Å². The second kappa shape index (κ2) is 6.23. The van der Waals surface area contributed by atoms with E-state index in [4.69, 9.17) is 5.11 Å². The summed E-state index contributed by atoms with van der Waals surface area (Å²) in [6.07, 6.45) is 3.66. The lowest BCUT2D eigenvalue weighted by Gasteiger charge is -2.20. The van der Waals surface area contributed by atoms with Crippen LogP contribution in [0.4, 0.5) is 0 Å². The zero-order valence-electron chi connectivity index (χ0n) is 9.68. The van der Waals surface area contributed by atoms with Crippen LogP contribution in [0.25, 0.3) is 0 Å². The summed E-state index contributed by atoms with van der Waals surface area (Å²) < 4.78 is 0. The number of aliphatic carboxylic acids is 1. The van der Waals surface area contributed by atoms with Crippen LogP contribution in [0, 0.1) is 5.92 Å². The molecule has 1 heterocycles. The van der Waals surface area contributed by atoms with Crippen LogP contribution in [0.5, 0.6) is 0 Å². The molecule has 0 bridgehead atoms. The molecule has 1 rings (SSSR count). The number of carbonyl (C=O) groups is 1. The molecule has 4 nitrogen and oxygen atoms in total. The van der Waals surface area contributed by atoms with Gasteiger partial charge in [-0.2, -0.15) is 0 Å². The first-order valence-corrected chi connectivity index (χ1v) is 5.43. The summed E-state index contributed by atoms with van der Waals surface area (Å²) in [5, 5.41) is 12.0. The van der Waals surface area contributed by atoms with Crippen molar-refractivity contribution in [2.45, 2.75) is 32.9 Å². The first-order chi connectivity index (χ1) is 7.59. The Labute approximate surface area is 95.7 Å². The van der Waals surface area contributed by atoms with Gasteiger partial charge in [0.15, 0.2) is 0 Å². The molecule has 1 unspecified atom stereocenters. The van der Waals surface area contributed by atoms with Gasteiger partial charge in [-0.3, -0.25) is 9.78 Å². The molecule has 0 aromatic carbocycles. The number of nitrogens with one attached hydrogen (secondary N) is 1. The van der Waals surface area contributed by atoms with Crippen molar-refractivity contribution in [2.24, 2.45) is 5.92 Å². The average Bonchev–Trinajstić information content (AvgIpc) is 2.25. The lowest BCUT2D eigenvalue weighted by atomic mass is 10.0. The van der Waals surface area contributed by atoms with E-state index in [1.165, 1.54) is 0 Å². The van der Waals surface area contributed by atoms with E-state index in [0.29, 0.717) is 12.5 Å². The summed E-state index contributed by atoms with van der Waals surface area (Å²) in [4.78, 5) is 14.7. The molecule has 0 spiro atoms. The van der Waals surface area contributed by atoms with Gasteiger partial charge in [-0.15, -0.1) is 0 Å². The van der Waals surface area contributed by atoms with E-state index in [1.54, 1.807) is 12.4 Å². The number of hydrogen-bond donors (Lipinski definition) is 2. The molecular weight excluding hydrogens is 204 g/mol. The van der Waals surface area contributed by atoms with Crippen molar-refractivity contribution in [3.05, 3.63) is 30.1 Å². The van der Waals surface area contributed by atoms with Crippen LogP contribution in [0.2, 0.25) is 0 Å². The molecule has 1 aromatic rings.